The molecule has 0 spiro atoms. The summed E-state index contributed by atoms with van der Waals surface area (Å²) in [6.07, 6.45) is 2.23. The lowest BCUT2D eigenvalue weighted by Gasteiger charge is -2.31. The lowest BCUT2D eigenvalue weighted by Crippen LogP contribution is -2.38. The van der Waals surface area contributed by atoms with Crippen molar-refractivity contribution in [2.45, 2.75) is 12.0 Å². The van der Waals surface area contributed by atoms with Gasteiger partial charge in [-0.2, -0.15) is 0 Å². The van der Waals surface area contributed by atoms with Crippen molar-refractivity contribution in [2.75, 3.05) is 42.3 Å². The van der Waals surface area contributed by atoms with Crippen LogP contribution in [0.2, 0.25) is 0 Å². The van der Waals surface area contributed by atoms with Gasteiger partial charge >= 0.3 is 0 Å². The number of hydrogen-bond acceptors (Lipinski definition) is 6. The molecule has 1 atom stereocenters. The van der Waals surface area contributed by atoms with Crippen LogP contribution in [0.1, 0.15) is 11.1 Å². The fraction of sp³-hybridized carbons (Fsp3) is 0.389. The van der Waals surface area contributed by atoms with E-state index in [0.29, 0.717) is 6.42 Å². The quantitative estimate of drug-likeness (QED) is 0.800. The highest BCUT2D eigenvalue weighted by molar-refractivity contribution is 7.72. The Hall–Kier alpha value is -2.12. The van der Waals surface area contributed by atoms with Crippen LogP contribution in [0.15, 0.2) is 36.5 Å². The highest BCUT2D eigenvalue weighted by Crippen LogP contribution is 2.38. The molecule has 2 aliphatic rings. The van der Waals surface area contributed by atoms with E-state index >= 15 is 0 Å². The highest BCUT2D eigenvalue weighted by atomic mass is 32.2. The molecular weight excluding hydrogens is 338 g/mol. The number of hydrogen-bond donors (Lipinski definition) is 2. The lowest BCUT2D eigenvalue weighted by molar-refractivity contribution is 0.122. The molecule has 4 rings (SSSR count). The number of rotatable bonds is 4. The third kappa shape index (κ3) is 3.21. The molecule has 7 heteroatoms. The fourth-order valence-corrected chi connectivity index (χ4v) is 4.42. The normalized spacial score (nSPS) is 22.7. The van der Waals surface area contributed by atoms with Crippen molar-refractivity contribution in [1.29, 1.82) is 0 Å². The zero-order chi connectivity index (χ0) is 17.3. The van der Waals surface area contributed by atoms with Crippen LogP contribution in [-0.4, -0.2) is 45.5 Å². The average Bonchev–Trinajstić information content (AvgIpc) is 3.01. The summed E-state index contributed by atoms with van der Waals surface area (Å²) in [5, 5.41) is 3.33. The smallest absolute Gasteiger partial charge is 0.142 e. The first-order chi connectivity index (χ1) is 12.2. The Morgan fingerprint density at radius 1 is 1.24 bits per heavy atom. The predicted molar refractivity (Wildman–Crippen MR) is 96.7 cm³/mol. The summed E-state index contributed by atoms with van der Waals surface area (Å²) < 4.78 is 28.5. The van der Waals surface area contributed by atoms with Crippen molar-refractivity contribution in [1.82, 2.24) is 4.98 Å². The summed E-state index contributed by atoms with van der Waals surface area (Å²) in [7, 11) is -2.54. The average molecular weight is 358 g/mol. The minimum absolute atomic E-state index is 0.0312. The Kier molecular flexibility index (Phi) is 4.35. The molecule has 0 bridgehead atoms. The zero-order valence-corrected chi connectivity index (χ0v) is 14.7. The molecular formula is C18H20N3O3S. The molecule has 0 amide bonds. The van der Waals surface area contributed by atoms with Gasteiger partial charge in [-0.15, -0.1) is 0 Å². The summed E-state index contributed by atoms with van der Waals surface area (Å²) in [4.78, 5) is 6.59. The molecule has 1 saturated heterocycles. The zero-order valence-electron chi connectivity index (χ0n) is 13.8. The largest absolute Gasteiger partial charge is 0.378 e. The number of anilines is 2. The monoisotopic (exact) mass is 358 g/mol. The molecule has 1 unspecified atom stereocenters. The highest BCUT2D eigenvalue weighted by Gasteiger charge is 2.40. The molecule has 0 aliphatic carbocycles. The molecule has 6 nitrogen and oxygen atoms in total. The van der Waals surface area contributed by atoms with Crippen LogP contribution in [0.4, 0.5) is 11.5 Å². The van der Waals surface area contributed by atoms with E-state index in [1.54, 1.807) is 12.3 Å². The first-order valence-corrected chi connectivity index (χ1v) is 9.71. The summed E-state index contributed by atoms with van der Waals surface area (Å²) in [5.74, 6) is 0.750. The molecule has 3 heterocycles. The van der Waals surface area contributed by atoms with E-state index in [0.717, 1.165) is 48.9 Å². The number of morpholine rings is 1. The van der Waals surface area contributed by atoms with Crippen LogP contribution >= 0.6 is 0 Å². The third-order valence-electron chi connectivity index (χ3n) is 4.85. The van der Waals surface area contributed by atoms with Gasteiger partial charge in [0.15, 0.2) is 0 Å². The van der Waals surface area contributed by atoms with Crippen LogP contribution in [0, 0.1) is 6.07 Å². The predicted octanol–water partition coefficient (Wildman–Crippen LogP) is 1.19. The number of benzene rings is 1. The number of aromatic nitrogens is 1. The summed E-state index contributed by atoms with van der Waals surface area (Å²) >= 11 is 0. The van der Waals surface area contributed by atoms with E-state index in [9.17, 15) is 8.42 Å². The second-order valence-electron chi connectivity index (χ2n) is 6.44. The van der Waals surface area contributed by atoms with E-state index in [2.05, 4.69) is 33.4 Å². The van der Waals surface area contributed by atoms with Crippen LogP contribution in [0.3, 0.4) is 0 Å². The minimum Gasteiger partial charge on any atom is -0.378 e. The molecule has 1 fully saturated rings. The second kappa shape index (κ2) is 6.65. The van der Waals surface area contributed by atoms with Gasteiger partial charge in [0.05, 0.1) is 24.5 Å². The number of thiol groups is 1. The van der Waals surface area contributed by atoms with Gasteiger partial charge in [-0.1, -0.05) is 12.1 Å². The van der Waals surface area contributed by atoms with Gasteiger partial charge in [0, 0.05) is 37.0 Å². The van der Waals surface area contributed by atoms with Crippen LogP contribution in [0.25, 0.3) is 0 Å². The van der Waals surface area contributed by atoms with Gasteiger partial charge in [-0.3, -0.25) is 0 Å². The van der Waals surface area contributed by atoms with Crippen molar-refractivity contribution < 1.29 is 13.2 Å². The molecule has 131 valence electrons. The topological polar surface area (TPSA) is 71.5 Å². The molecule has 2 aromatic rings. The van der Waals surface area contributed by atoms with Gasteiger partial charge in [0.1, 0.15) is 16.5 Å². The van der Waals surface area contributed by atoms with Gasteiger partial charge in [0.2, 0.25) is 0 Å². The minimum atomic E-state index is -2.54. The first-order valence-electron chi connectivity index (χ1n) is 8.35. The number of nitrogens with zero attached hydrogens (tertiary/aromatic N) is 2. The SMILES string of the molecule is O=[SH](=O)CC1(c2ccc(N3CCOCC3)cc2)Cc2[c]ccnc2N1. The Labute approximate surface area is 148 Å². The Morgan fingerprint density at radius 2 is 2.00 bits per heavy atom. The van der Waals surface area contributed by atoms with Gasteiger partial charge < -0.3 is 15.0 Å². The van der Waals surface area contributed by atoms with Crippen molar-refractivity contribution in [3.05, 3.63) is 53.7 Å². The Balaban J connectivity index is 1.64. The molecule has 1 radical (unpaired) electrons. The summed E-state index contributed by atoms with van der Waals surface area (Å²) in [6, 6.07) is 13.1. The van der Waals surface area contributed by atoms with Crippen molar-refractivity contribution in [3.63, 3.8) is 0 Å². The maximum absolute atomic E-state index is 11.5. The van der Waals surface area contributed by atoms with Crippen molar-refractivity contribution >= 4 is 22.2 Å². The van der Waals surface area contributed by atoms with E-state index in [4.69, 9.17) is 4.74 Å². The first kappa shape index (κ1) is 16.4. The number of ether oxygens (including phenoxy) is 1. The summed E-state index contributed by atoms with van der Waals surface area (Å²) in [6.45, 7) is 3.22. The maximum Gasteiger partial charge on any atom is 0.142 e. The Bertz CT molecular complexity index is 797. The molecule has 25 heavy (non-hydrogen) atoms. The fourth-order valence-electron chi connectivity index (χ4n) is 3.61. The van der Waals surface area contributed by atoms with Crippen LogP contribution < -0.4 is 10.2 Å². The van der Waals surface area contributed by atoms with E-state index in [1.807, 2.05) is 12.1 Å². The van der Waals surface area contributed by atoms with Crippen molar-refractivity contribution in [3.8, 4) is 0 Å². The molecule has 1 N–H and O–H groups in total. The van der Waals surface area contributed by atoms with Crippen molar-refractivity contribution in [2.24, 2.45) is 0 Å². The van der Waals surface area contributed by atoms with Crippen LogP contribution in [0.5, 0.6) is 0 Å². The molecule has 0 saturated carbocycles. The maximum atomic E-state index is 11.5. The van der Waals surface area contributed by atoms with Gasteiger partial charge in [0.25, 0.3) is 0 Å². The molecule has 1 aromatic carbocycles. The van der Waals surface area contributed by atoms with E-state index in [-0.39, 0.29) is 5.75 Å². The lowest BCUT2D eigenvalue weighted by atomic mass is 9.88. The standard InChI is InChI=1S/C18H20N3O3S/c22-25(23)13-18(12-14-2-1-7-19-17(14)20-18)15-3-5-16(6-4-15)21-8-10-24-11-9-21/h1,3-7,25H,8-13H2,(H,19,20). The van der Waals surface area contributed by atoms with Gasteiger partial charge in [-0.05, 0) is 29.8 Å². The molecule has 1 aromatic heterocycles. The number of fused-ring (bicyclic) bond motifs is 1. The molecule has 2 aliphatic heterocycles. The number of pyridine rings is 1. The third-order valence-corrected chi connectivity index (χ3v) is 5.65. The second-order valence-corrected chi connectivity index (χ2v) is 7.42. The van der Waals surface area contributed by atoms with E-state index in [1.165, 1.54) is 0 Å². The Morgan fingerprint density at radius 3 is 2.68 bits per heavy atom. The summed E-state index contributed by atoms with van der Waals surface area (Å²) in [5.41, 5.74) is 2.34. The van der Waals surface area contributed by atoms with Gasteiger partial charge in [-0.25, -0.2) is 13.4 Å². The number of nitrogens with one attached hydrogen (secondary N) is 1. The van der Waals surface area contributed by atoms with Crippen LogP contribution in [-0.2, 0) is 27.4 Å². The van der Waals surface area contributed by atoms with E-state index < -0.39 is 16.2 Å².